The molecule has 0 radical (unpaired) electrons. The molecule has 0 fully saturated rings. The number of nitrogens with one attached hydrogen (secondary N) is 1. The molecule has 1 heterocycles. The van der Waals surface area contributed by atoms with E-state index >= 15 is 0 Å². The average molecular weight is 309 g/mol. The zero-order valence-corrected chi connectivity index (χ0v) is 13.0. The van der Waals surface area contributed by atoms with Crippen molar-refractivity contribution in [2.75, 3.05) is 6.54 Å². The minimum absolute atomic E-state index is 0.200. The van der Waals surface area contributed by atoms with Crippen LogP contribution >= 0.6 is 23.2 Å². The predicted molar refractivity (Wildman–Crippen MR) is 85.4 cm³/mol. The van der Waals surface area contributed by atoms with Crippen LogP contribution in [0.3, 0.4) is 0 Å². The molecule has 0 amide bonds. The van der Waals surface area contributed by atoms with E-state index in [0.29, 0.717) is 5.02 Å². The van der Waals surface area contributed by atoms with E-state index in [1.807, 2.05) is 30.5 Å². The molecule has 1 aromatic heterocycles. The van der Waals surface area contributed by atoms with Gasteiger partial charge in [-0.1, -0.05) is 36.2 Å². The fourth-order valence-corrected chi connectivity index (χ4v) is 2.68. The van der Waals surface area contributed by atoms with Crippen molar-refractivity contribution >= 4 is 23.2 Å². The lowest BCUT2D eigenvalue weighted by Gasteiger charge is -2.20. The van der Waals surface area contributed by atoms with E-state index in [0.717, 1.165) is 30.0 Å². The van der Waals surface area contributed by atoms with Crippen LogP contribution in [-0.4, -0.2) is 11.5 Å². The maximum absolute atomic E-state index is 6.30. The summed E-state index contributed by atoms with van der Waals surface area (Å²) < 4.78 is 0. The fraction of sp³-hybridized carbons (Fsp3) is 0.312. The van der Waals surface area contributed by atoms with Gasteiger partial charge < -0.3 is 5.32 Å². The van der Waals surface area contributed by atoms with Crippen molar-refractivity contribution in [2.24, 2.45) is 0 Å². The number of rotatable bonds is 6. The smallest absolute Gasteiger partial charge is 0.0454 e. The van der Waals surface area contributed by atoms with Gasteiger partial charge >= 0.3 is 0 Å². The van der Waals surface area contributed by atoms with Crippen LogP contribution in [0.1, 0.15) is 30.5 Å². The second-order valence-electron chi connectivity index (χ2n) is 4.68. The molecule has 1 N–H and O–H groups in total. The largest absolute Gasteiger partial charge is 0.310 e. The first kappa shape index (κ1) is 15.3. The van der Waals surface area contributed by atoms with Crippen molar-refractivity contribution in [3.63, 3.8) is 0 Å². The van der Waals surface area contributed by atoms with Gasteiger partial charge in [-0.05, 0) is 54.8 Å². The number of halogens is 2. The highest BCUT2D eigenvalue weighted by molar-refractivity contribution is 6.33. The number of aromatic nitrogens is 1. The van der Waals surface area contributed by atoms with Gasteiger partial charge in [0.15, 0.2) is 0 Å². The Morgan fingerprint density at radius 3 is 2.80 bits per heavy atom. The molecule has 106 valence electrons. The molecule has 1 atom stereocenters. The number of nitrogens with zero attached hydrogens (tertiary/aromatic N) is 1. The molecule has 1 unspecified atom stereocenters. The van der Waals surface area contributed by atoms with Crippen molar-refractivity contribution in [3.8, 4) is 0 Å². The molecule has 0 saturated carbocycles. The average Bonchev–Trinajstić information content (AvgIpc) is 2.47. The van der Waals surface area contributed by atoms with Crippen molar-refractivity contribution in [1.29, 1.82) is 0 Å². The molecule has 0 spiro atoms. The molecule has 0 aliphatic carbocycles. The van der Waals surface area contributed by atoms with Gasteiger partial charge in [-0.3, -0.25) is 4.98 Å². The highest BCUT2D eigenvalue weighted by Crippen LogP contribution is 2.29. The lowest BCUT2D eigenvalue weighted by atomic mass is 9.99. The summed E-state index contributed by atoms with van der Waals surface area (Å²) in [6.45, 7) is 2.98. The molecule has 0 aliphatic heterocycles. The highest BCUT2D eigenvalue weighted by atomic mass is 35.5. The molecular weight excluding hydrogens is 291 g/mol. The van der Waals surface area contributed by atoms with Gasteiger partial charge in [0.2, 0.25) is 0 Å². The van der Waals surface area contributed by atoms with E-state index < -0.39 is 0 Å². The van der Waals surface area contributed by atoms with Crippen LogP contribution in [0.2, 0.25) is 10.0 Å². The predicted octanol–water partition coefficient (Wildman–Crippen LogP) is 4.67. The number of hydrogen-bond acceptors (Lipinski definition) is 2. The number of pyridine rings is 1. The first-order valence-electron chi connectivity index (χ1n) is 6.78. The summed E-state index contributed by atoms with van der Waals surface area (Å²) in [4.78, 5) is 4.15. The Hall–Kier alpha value is -1.09. The molecule has 2 aromatic rings. The van der Waals surface area contributed by atoms with Gasteiger partial charge in [-0.2, -0.15) is 0 Å². The van der Waals surface area contributed by atoms with E-state index in [-0.39, 0.29) is 6.04 Å². The fourth-order valence-electron chi connectivity index (χ4n) is 2.25. The first-order chi connectivity index (χ1) is 9.70. The van der Waals surface area contributed by atoms with E-state index in [9.17, 15) is 0 Å². The molecule has 2 nitrogen and oxygen atoms in total. The topological polar surface area (TPSA) is 24.9 Å². The van der Waals surface area contributed by atoms with Crippen LogP contribution < -0.4 is 5.32 Å². The van der Waals surface area contributed by atoms with Crippen LogP contribution in [0.25, 0.3) is 0 Å². The maximum atomic E-state index is 6.30. The summed E-state index contributed by atoms with van der Waals surface area (Å²) in [7, 11) is 0. The van der Waals surface area contributed by atoms with Crippen LogP contribution in [-0.2, 0) is 6.42 Å². The van der Waals surface area contributed by atoms with Gasteiger partial charge in [0.1, 0.15) is 0 Å². The summed E-state index contributed by atoms with van der Waals surface area (Å²) in [5.41, 5.74) is 2.29. The number of benzene rings is 1. The minimum Gasteiger partial charge on any atom is -0.310 e. The molecule has 4 heteroatoms. The lowest BCUT2D eigenvalue weighted by molar-refractivity contribution is 0.515. The Morgan fingerprint density at radius 1 is 1.25 bits per heavy atom. The molecule has 1 aromatic carbocycles. The van der Waals surface area contributed by atoms with E-state index in [1.54, 1.807) is 6.20 Å². The van der Waals surface area contributed by atoms with E-state index in [2.05, 4.69) is 23.3 Å². The minimum atomic E-state index is 0.200. The Balaban J connectivity index is 2.12. The summed E-state index contributed by atoms with van der Waals surface area (Å²) >= 11 is 12.4. The molecule has 0 saturated heterocycles. The van der Waals surface area contributed by atoms with Crippen LogP contribution in [0, 0.1) is 0 Å². The maximum Gasteiger partial charge on any atom is 0.0454 e. The SMILES string of the molecule is CCNC(CCc1cccnc1)c1cc(Cl)ccc1Cl. The monoisotopic (exact) mass is 308 g/mol. The number of hydrogen-bond donors (Lipinski definition) is 1. The lowest BCUT2D eigenvalue weighted by Crippen LogP contribution is -2.21. The van der Waals surface area contributed by atoms with Gasteiger partial charge in [0.05, 0.1) is 0 Å². The van der Waals surface area contributed by atoms with Crippen molar-refractivity contribution < 1.29 is 0 Å². The molecular formula is C16H18Cl2N2. The molecule has 2 rings (SSSR count). The third-order valence-corrected chi connectivity index (χ3v) is 3.81. The molecule has 0 bridgehead atoms. The highest BCUT2D eigenvalue weighted by Gasteiger charge is 2.14. The summed E-state index contributed by atoms with van der Waals surface area (Å²) in [6, 6.07) is 9.87. The van der Waals surface area contributed by atoms with E-state index in [4.69, 9.17) is 23.2 Å². The zero-order chi connectivity index (χ0) is 14.4. The number of aryl methyl sites for hydroxylation is 1. The molecule has 0 aliphatic rings. The van der Waals surface area contributed by atoms with Crippen molar-refractivity contribution in [2.45, 2.75) is 25.8 Å². The van der Waals surface area contributed by atoms with Crippen LogP contribution in [0.15, 0.2) is 42.7 Å². The Labute approximate surface area is 130 Å². The van der Waals surface area contributed by atoms with Crippen LogP contribution in [0.4, 0.5) is 0 Å². The van der Waals surface area contributed by atoms with Gasteiger partial charge in [0.25, 0.3) is 0 Å². The summed E-state index contributed by atoms with van der Waals surface area (Å²) in [5.74, 6) is 0. The van der Waals surface area contributed by atoms with E-state index in [1.165, 1.54) is 5.56 Å². The van der Waals surface area contributed by atoms with Gasteiger partial charge in [-0.15, -0.1) is 0 Å². The van der Waals surface area contributed by atoms with Gasteiger partial charge in [-0.25, -0.2) is 0 Å². The van der Waals surface area contributed by atoms with Crippen molar-refractivity contribution in [3.05, 3.63) is 63.9 Å². The third-order valence-electron chi connectivity index (χ3n) is 3.23. The standard InChI is InChI=1S/C16H18Cl2N2/c1-2-20-16(8-5-12-4-3-9-19-11-12)14-10-13(17)6-7-15(14)18/h3-4,6-7,9-11,16,20H,2,5,8H2,1H3. The molecule has 20 heavy (non-hydrogen) atoms. The van der Waals surface area contributed by atoms with Crippen molar-refractivity contribution in [1.82, 2.24) is 10.3 Å². The third kappa shape index (κ3) is 4.20. The Morgan fingerprint density at radius 2 is 2.10 bits per heavy atom. The summed E-state index contributed by atoms with van der Waals surface area (Å²) in [5, 5.41) is 4.95. The second kappa shape index (κ2) is 7.63. The first-order valence-corrected chi connectivity index (χ1v) is 7.53. The summed E-state index contributed by atoms with van der Waals surface area (Å²) in [6.07, 6.45) is 5.61. The Bertz CT molecular complexity index is 543. The second-order valence-corrected chi connectivity index (χ2v) is 5.52. The quantitative estimate of drug-likeness (QED) is 0.838. The normalized spacial score (nSPS) is 12.3. The van der Waals surface area contributed by atoms with Crippen LogP contribution in [0.5, 0.6) is 0 Å². The van der Waals surface area contributed by atoms with Gasteiger partial charge in [0, 0.05) is 28.5 Å². The zero-order valence-electron chi connectivity index (χ0n) is 11.4. The Kier molecular flexibility index (Phi) is 5.84.